The number of hydrogen-bond acceptors (Lipinski definition) is 3. The van der Waals surface area contributed by atoms with Gasteiger partial charge in [-0.25, -0.2) is 0 Å². The van der Waals surface area contributed by atoms with Crippen LogP contribution in [0.1, 0.15) is 42.6 Å². The molecule has 0 aliphatic rings. The summed E-state index contributed by atoms with van der Waals surface area (Å²) in [5.41, 5.74) is 0.734. The van der Waals surface area contributed by atoms with Crippen LogP contribution in [0.2, 0.25) is 0 Å². The maximum atomic E-state index is 12.2. The van der Waals surface area contributed by atoms with Crippen molar-refractivity contribution in [1.29, 1.82) is 0 Å². The molecule has 0 atom stereocenters. The number of nitro benzene ring substituents is 1. The molecule has 116 valence electrons. The second-order valence-corrected chi connectivity index (χ2v) is 6.64. The van der Waals surface area contributed by atoms with Crippen molar-refractivity contribution in [3.63, 3.8) is 0 Å². The van der Waals surface area contributed by atoms with Crippen molar-refractivity contribution in [3.05, 3.63) is 39.4 Å². The van der Waals surface area contributed by atoms with Gasteiger partial charge in [0, 0.05) is 29.1 Å². The van der Waals surface area contributed by atoms with Crippen LogP contribution in [0.15, 0.2) is 18.2 Å². The third kappa shape index (κ3) is 5.12. The second-order valence-electron chi connectivity index (χ2n) is 5.85. The number of nitrogens with zero attached hydrogens (tertiary/aromatic N) is 1. The van der Waals surface area contributed by atoms with E-state index in [1.165, 1.54) is 12.1 Å². The summed E-state index contributed by atoms with van der Waals surface area (Å²) >= 11 is 3.40. The van der Waals surface area contributed by atoms with E-state index in [1.807, 2.05) is 0 Å². The first-order valence-corrected chi connectivity index (χ1v) is 7.99. The number of nitrogens with one attached hydrogen (secondary N) is 1. The molecule has 21 heavy (non-hydrogen) atoms. The Bertz CT molecular complexity index is 530. The Morgan fingerprint density at radius 2 is 2.10 bits per heavy atom. The minimum absolute atomic E-state index is 0.00194. The number of alkyl halides is 1. The smallest absolute Gasteiger partial charge is 0.273 e. The van der Waals surface area contributed by atoms with Gasteiger partial charge in [0.15, 0.2) is 0 Å². The van der Waals surface area contributed by atoms with E-state index in [0.717, 1.165) is 18.2 Å². The highest BCUT2D eigenvalue weighted by atomic mass is 79.9. The lowest BCUT2D eigenvalue weighted by Crippen LogP contribution is -2.34. The Morgan fingerprint density at radius 1 is 1.43 bits per heavy atom. The van der Waals surface area contributed by atoms with Crippen LogP contribution in [-0.2, 0) is 0 Å². The predicted molar refractivity (Wildman–Crippen MR) is 87.0 cm³/mol. The van der Waals surface area contributed by atoms with Crippen molar-refractivity contribution in [2.24, 2.45) is 5.41 Å². The van der Waals surface area contributed by atoms with Crippen LogP contribution in [0, 0.1) is 22.5 Å². The summed E-state index contributed by atoms with van der Waals surface area (Å²) in [5.74, 6) is -0.261. The lowest BCUT2D eigenvalue weighted by Gasteiger charge is -2.24. The number of carbonyl (C=O) groups excluding carboxylic acids is 1. The molecule has 0 aromatic heterocycles. The fraction of sp³-hybridized carbons (Fsp3) is 0.533. The SMILES string of the molecule is Cc1c(C(=O)NCC(C)(C)CCCBr)cccc1[N+](=O)[O-]. The van der Waals surface area contributed by atoms with Crippen molar-refractivity contribution in [3.8, 4) is 0 Å². The third-order valence-corrected chi connectivity index (χ3v) is 4.02. The van der Waals surface area contributed by atoms with Crippen molar-refractivity contribution in [2.45, 2.75) is 33.6 Å². The van der Waals surface area contributed by atoms with E-state index in [1.54, 1.807) is 13.0 Å². The molecule has 0 bridgehead atoms. The average molecular weight is 357 g/mol. The van der Waals surface area contributed by atoms with Gasteiger partial charge in [-0.05, 0) is 31.2 Å². The molecule has 1 amide bonds. The Hall–Kier alpha value is -1.43. The summed E-state index contributed by atoms with van der Waals surface area (Å²) in [5, 5.41) is 14.7. The maximum absolute atomic E-state index is 12.2. The number of benzene rings is 1. The molecule has 1 rings (SSSR count). The molecule has 0 radical (unpaired) electrons. The molecule has 1 aromatic rings. The van der Waals surface area contributed by atoms with Crippen LogP contribution >= 0.6 is 15.9 Å². The number of amides is 1. The maximum Gasteiger partial charge on any atom is 0.273 e. The zero-order valence-electron chi connectivity index (χ0n) is 12.6. The summed E-state index contributed by atoms with van der Waals surface area (Å²) in [6.45, 7) is 6.33. The van der Waals surface area contributed by atoms with Gasteiger partial charge < -0.3 is 5.32 Å². The molecule has 0 unspecified atom stereocenters. The number of nitro groups is 1. The van der Waals surface area contributed by atoms with Gasteiger partial charge in [-0.1, -0.05) is 35.8 Å². The first kappa shape index (κ1) is 17.6. The van der Waals surface area contributed by atoms with Crippen LogP contribution in [0.4, 0.5) is 5.69 Å². The molecule has 0 aliphatic heterocycles. The van der Waals surface area contributed by atoms with E-state index >= 15 is 0 Å². The molecular formula is C15H21BrN2O3. The number of carbonyl (C=O) groups is 1. The Morgan fingerprint density at radius 3 is 2.67 bits per heavy atom. The Labute approximate surface area is 133 Å². The molecule has 1 aromatic carbocycles. The first-order chi connectivity index (χ1) is 9.78. The predicted octanol–water partition coefficient (Wildman–Crippen LogP) is 3.83. The van der Waals surface area contributed by atoms with Gasteiger partial charge >= 0.3 is 0 Å². The number of rotatable bonds is 7. The summed E-state index contributed by atoms with van der Waals surface area (Å²) in [7, 11) is 0. The largest absolute Gasteiger partial charge is 0.351 e. The number of hydrogen-bond donors (Lipinski definition) is 1. The molecule has 1 N–H and O–H groups in total. The van der Waals surface area contributed by atoms with Gasteiger partial charge in [0.25, 0.3) is 11.6 Å². The second kappa shape index (κ2) is 7.54. The normalized spacial score (nSPS) is 11.2. The van der Waals surface area contributed by atoms with Crippen LogP contribution in [0.3, 0.4) is 0 Å². The van der Waals surface area contributed by atoms with Crippen LogP contribution in [0.5, 0.6) is 0 Å². The van der Waals surface area contributed by atoms with Gasteiger partial charge in [-0.15, -0.1) is 0 Å². The molecule has 5 nitrogen and oxygen atoms in total. The van der Waals surface area contributed by atoms with E-state index in [0.29, 0.717) is 17.7 Å². The number of halogens is 1. The molecule has 0 heterocycles. The fourth-order valence-corrected chi connectivity index (χ4v) is 2.40. The standard InChI is InChI=1S/C15H21BrN2O3/c1-11-12(6-4-7-13(11)18(20)21)14(19)17-10-15(2,3)8-5-9-16/h4,6-7H,5,8-10H2,1-3H3,(H,17,19). The van der Waals surface area contributed by atoms with Crippen LogP contribution in [-0.4, -0.2) is 22.7 Å². The minimum atomic E-state index is -0.466. The third-order valence-electron chi connectivity index (χ3n) is 3.46. The van der Waals surface area contributed by atoms with E-state index in [-0.39, 0.29) is 17.0 Å². The van der Waals surface area contributed by atoms with Crippen molar-refractivity contribution >= 4 is 27.5 Å². The monoisotopic (exact) mass is 356 g/mol. The van der Waals surface area contributed by atoms with Gasteiger partial charge in [0.05, 0.1) is 4.92 Å². The van der Waals surface area contributed by atoms with Crippen molar-refractivity contribution in [2.75, 3.05) is 11.9 Å². The van der Waals surface area contributed by atoms with Crippen LogP contribution < -0.4 is 5.32 Å². The summed E-state index contributed by atoms with van der Waals surface area (Å²) in [6.07, 6.45) is 2.03. The first-order valence-electron chi connectivity index (χ1n) is 6.86. The van der Waals surface area contributed by atoms with Crippen molar-refractivity contribution in [1.82, 2.24) is 5.32 Å². The molecule has 0 aliphatic carbocycles. The quantitative estimate of drug-likeness (QED) is 0.458. The topological polar surface area (TPSA) is 72.2 Å². The van der Waals surface area contributed by atoms with Crippen LogP contribution in [0.25, 0.3) is 0 Å². The molecule has 0 spiro atoms. The van der Waals surface area contributed by atoms with Gasteiger partial charge in [-0.3, -0.25) is 14.9 Å². The summed E-state index contributed by atoms with van der Waals surface area (Å²) < 4.78 is 0. The Balaban J connectivity index is 2.77. The molecule has 0 saturated carbocycles. The molecule has 0 fully saturated rings. The molecule has 6 heteroatoms. The van der Waals surface area contributed by atoms with E-state index in [4.69, 9.17) is 0 Å². The van der Waals surface area contributed by atoms with Gasteiger partial charge in [-0.2, -0.15) is 0 Å². The minimum Gasteiger partial charge on any atom is -0.351 e. The zero-order chi connectivity index (χ0) is 16.0. The van der Waals surface area contributed by atoms with E-state index in [2.05, 4.69) is 35.1 Å². The summed E-state index contributed by atoms with van der Waals surface area (Å²) in [4.78, 5) is 22.7. The molecular weight excluding hydrogens is 336 g/mol. The Kier molecular flexibility index (Phi) is 6.33. The van der Waals surface area contributed by atoms with Crippen molar-refractivity contribution < 1.29 is 9.72 Å². The van der Waals surface area contributed by atoms with E-state index < -0.39 is 4.92 Å². The lowest BCUT2D eigenvalue weighted by molar-refractivity contribution is -0.385. The highest BCUT2D eigenvalue weighted by Gasteiger charge is 2.21. The average Bonchev–Trinajstić information content (AvgIpc) is 2.42. The highest BCUT2D eigenvalue weighted by molar-refractivity contribution is 9.09. The lowest BCUT2D eigenvalue weighted by atomic mass is 9.88. The molecule has 0 saturated heterocycles. The van der Waals surface area contributed by atoms with E-state index in [9.17, 15) is 14.9 Å². The van der Waals surface area contributed by atoms with Gasteiger partial charge in [0.1, 0.15) is 0 Å². The van der Waals surface area contributed by atoms with Gasteiger partial charge in [0.2, 0.25) is 0 Å². The fourth-order valence-electron chi connectivity index (χ4n) is 2.12. The zero-order valence-corrected chi connectivity index (χ0v) is 14.2. The summed E-state index contributed by atoms with van der Waals surface area (Å²) in [6, 6.07) is 4.56. The highest BCUT2D eigenvalue weighted by Crippen LogP contribution is 2.23.